The van der Waals surface area contributed by atoms with Crippen molar-refractivity contribution in [1.29, 1.82) is 0 Å². The van der Waals surface area contributed by atoms with E-state index in [-0.39, 0.29) is 23.3 Å². The molecule has 6 nitrogen and oxygen atoms in total. The van der Waals surface area contributed by atoms with Gasteiger partial charge in [0.2, 0.25) is 0 Å². The van der Waals surface area contributed by atoms with E-state index in [0.717, 1.165) is 29.2 Å². The Morgan fingerprint density at radius 3 is 1.55 bits per heavy atom. The van der Waals surface area contributed by atoms with E-state index in [9.17, 15) is 0 Å². The molecule has 0 aromatic heterocycles. The Bertz CT molecular complexity index is 1380. The minimum absolute atomic E-state index is 0.145. The van der Waals surface area contributed by atoms with Crippen molar-refractivity contribution >= 4 is 18.7 Å². The van der Waals surface area contributed by atoms with Crippen LogP contribution in [0.1, 0.15) is 31.9 Å². The number of benzene rings is 4. The molecule has 5 rings (SSSR count). The number of hydrogen-bond donors (Lipinski definition) is 1. The second-order valence-corrected chi connectivity index (χ2v) is 16.6. The summed E-state index contributed by atoms with van der Waals surface area (Å²) in [6.07, 6.45) is -0.509. The lowest BCUT2D eigenvalue weighted by Gasteiger charge is -2.44. The predicted molar refractivity (Wildman–Crippen MR) is 179 cm³/mol. The second kappa shape index (κ2) is 14.5. The van der Waals surface area contributed by atoms with Gasteiger partial charge in [-0.2, -0.15) is 0 Å². The van der Waals surface area contributed by atoms with E-state index in [0.29, 0.717) is 19.8 Å². The molecule has 1 N–H and O–H groups in total. The van der Waals surface area contributed by atoms with Crippen molar-refractivity contribution in [2.45, 2.75) is 57.3 Å². The van der Waals surface area contributed by atoms with Crippen LogP contribution >= 0.6 is 0 Å². The Kier molecular flexibility index (Phi) is 10.6. The van der Waals surface area contributed by atoms with Crippen molar-refractivity contribution < 1.29 is 23.4 Å². The summed E-state index contributed by atoms with van der Waals surface area (Å²) in [6.45, 7) is 9.08. The van der Waals surface area contributed by atoms with Gasteiger partial charge in [0.25, 0.3) is 8.32 Å². The summed E-state index contributed by atoms with van der Waals surface area (Å²) in [5.41, 5.74) is 2.15. The summed E-state index contributed by atoms with van der Waals surface area (Å²) >= 11 is 0. The van der Waals surface area contributed by atoms with Crippen LogP contribution in [0.2, 0.25) is 5.04 Å². The molecule has 0 radical (unpaired) electrons. The first-order valence-corrected chi connectivity index (χ1v) is 17.2. The molecule has 4 aromatic rings. The van der Waals surface area contributed by atoms with Crippen LogP contribution in [0.15, 0.2) is 109 Å². The second-order valence-electron chi connectivity index (χ2n) is 12.3. The van der Waals surface area contributed by atoms with Crippen LogP contribution in [0.5, 0.6) is 11.5 Å². The maximum atomic E-state index is 7.36. The Labute approximate surface area is 263 Å². The molecule has 1 aliphatic heterocycles. The molecule has 7 heteroatoms. The Morgan fingerprint density at radius 2 is 1.14 bits per heavy atom. The highest BCUT2D eigenvalue weighted by Gasteiger charge is 2.51. The molecule has 1 saturated heterocycles. The number of rotatable bonds is 15. The van der Waals surface area contributed by atoms with Crippen LogP contribution in [0.4, 0.5) is 0 Å². The quantitative estimate of drug-likeness (QED) is 0.137. The zero-order chi connectivity index (χ0) is 31.0. The lowest BCUT2D eigenvalue weighted by atomic mass is 10.1. The van der Waals surface area contributed by atoms with Gasteiger partial charge in [0, 0.05) is 12.6 Å². The fourth-order valence-electron chi connectivity index (χ4n) is 5.83. The van der Waals surface area contributed by atoms with Crippen LogP contribution in [0.3, 0.4) is 0 Å². The summed E-state index contributed by atoms with van der Waals surface area (Å²) in [6, 6.07) is 37.7. The zero-order valence-electron chi connectivity index (χ0n) is 26.5. The van der Waals surface area contributed by atoms with Gasteiger partial charge < -0.3 is 28.7 Å². The molecular weight excluding hydrogens is 566 g/mol. The predicted octanol–water partition coefficient (Wildman–Crippen LogP) is 5.72. The molecule has 4 aromatic carbocycles. The molecule has 232 valence electrons. The summed E-state index contributed by atoms with van der Waals surface area (Å²) in [5.74, 6) is 1.65. The SMILES string of the molecule is COc1ccc(CO[C@H]([C@@H]2CN2)[C@@H](CO[Si](c2ccccc2)(c2ccccc2)C(C)(C)C)OCc2ccc(OC)cc2)cc1. The van der Waals surface area contributed by atoms with Crippen molar-refractivity contribution in [3.63, 3.8) is 0 Å². The minimum Gasteiger partial charge on any atom is -0.497 e. The lowest BCUT2D eigenvalue weighted by Crippen LogP contribution is -2.67. The minimum atomic E-state index is -2.78. The monoisotopic (exact) mass is 611 g/mol. The Morgan fingerprint density at radius 1 is 0.682 bits per heavy atom. The van der Waals surface area contributed by atoms with E-state index < -0.39 is 8.32 Å². The van der Waals surface area contributed by atoms with E-state index in [2.05, 4.69) is 86.8 Å². The summed E-state index contributed by atoms with van der Waals surface area (Å²) in [5, 5.41) is 5.83. The van der Waals surface area contributed by atoms with Crippen molar-refractivity contribution in [2.24, 2.45) is 0 Å². The van der Waals surface area contributed by atoms with Gasteiger partial charge in [-0.05, 0) is 50.8 Å². The Balaban J connectivity index is 1.45. The maximum Gasteiger partial charge on any atom is 0.261 e. The van der Waals surface area contributed by atoms with E-state index in [1.807, 2.05) is 48.5 Å². The fraction of sp³-hybridized carbons (Fsp3) is 0.351. The van der Waals surface area contributed by atoms with Gasteiger partial charge in [-0.1, -0.05) is 106 Å². The highest BCUT2D eigenvalue weighted by atomic mass is 28.4. The van der Waals surface area contributed by atoms with Gasteiger partial charge in [-0.15, -0.1) is 0 Å². The van der Waals surface area contributed by atoms with Crippen molar-refractivity contribution in [3.05, 3.63) is 120 Å². The number of hydrogen-bond acceptors (Lipinski definition) is 6. The number of ether oxygens (including phenoxy) is 4. The molecule has 0 unspecified atom stereocenters. The molecule has 0 aliphatic carbocycles. The summed E-state index contributed by atoms with van der Waals surface area (Å²) in [7, 11) is 0.578. The normalized spacial score (nSPS) is 16.2. The molecule has 3 atom stereocenters. The number of methoxy groups -OCH3 is 2. The molecule has 1 aliphatic rings. The highest BCUT2D eigenvalue weighted by molar-refractivity contribution is 6.99. The first kappa shape index (κ1) is 31.9. The van der Waals surface area contributed by atoms with Crippen LogP contribution in [-0.2, 0) is 27.1 Å². The maximum absolute atomic E-state index is 7.36. The van der Waals surface area contributed by atoms with E-state index >= 15 is 0 Å². The molecule has 0 bridgehead atoms. The first-order valence-electron chi connectivity index (χ1n) is 15.3. The largest absolute Gasteiger partial charge is 0.497 e. The van der Waals surface area contributed by atoms with Crippen molar-refractivity contribution in [3.8, 4) is 11.5 Å². The Hall–Kier alpha value is -3.46. The number of nitrogens with one attached hydrogen (secondary N) is 1. The molecule has 1 fully saturated rings. The van der Waals surface area contributed by atoms with E-state index in [1.165, 1.54) is 10.4 Å². The van der Waals surface area contributed by atoms with Gasteiger partial charge in [-0.3, -0.25) is 0 Å². The average molecular weight is 612 g/mol. The third-order valence-electron chi connectivity index (χ3n) is 8.31. The van der Waals surface area contributed by atoms with Crippen LogP contribution in [0, 0.1) is 0 Å². The van der Waals surface area contributed by atoms with Crippen LogP contribution in [-0.4, -0.2) is 53.9 Å². The third kappa shape index (κ3) is 7.60. The smallest absolute Gasteiger partial charge is 0.261 e. The van der Waals surface area contributed by atoms with E-state index in [4.69, 9.17) is 23.4 Å². The zero-order valence-corrected chi connectivity index (χ0v) is 27.5. The molecule has 1 heterocycles. The third-order valence-corrected chi connectivity index (χ3v) is 13.3. The summed E-state index contributed by atoms with van der Waals surface area (Å²) in [4.78, 5) is 0. The molecular formula is C37H45NO5Si. The molecule has 0 saturated carbocycles. The van der Waals surface area contributed by atoms with Crippen LogP contribution < -0.4 is 25.2 Å². The van der Waals surface area contributed by atoms with Gasteiger partial charge in [0.15, 0.2) is 0 Å². The lowest BCUT2D eigenvalue weighted by molar-refractivity contribution is -0.101. The van der Waals surface area contributed by atoms with E-state index in [1.54, 1.807) is 14.2 Å². The van der Waals surface area contributed by atoms with Gasteiger partial charge in [0.05, 0.1) is 34.0 Å². The van der Waals surface area contributed by atoms with Gasteiger partial charge >= 0.3 is 0 Å². The molecule has 0 spiro atoms. The van der Waals surface area contributed by atoms with Gasteiger partial charge in [-0.25, -0.2) is 0 Å². The van der Waals surface area contributed by atoms with Crippen LogP contribution in [0.25, 0.3) is 0 Å². The average Bonchev–Trinajstić information content (AvgIpc) is 3.90. The molecule has 44 heavy (non-hydrogen) atoms. The van der Waals surface area contributed by atoms with Crippen molar-refractivity contribution in [2.75, 3.05) is 27.4 Å². The van der Waals surface area contributed by atoms with Gasteiger partial charge in [0.1, 0.15) is 23.7 Å². The fourth-order valence-corrected chi connectivity index (χ4v) is 10.4. The summed E-state index contributed by atoms with van der Waals surface area (Å²) < 4.78 is 31.5. The standard InChI is InChI=1S/C37H45NO5Si/c1-37(2,3)44(32-12-8-6-9-13-32,33-14-10-7-11-15-33)43-27-35(41-25-28-16-20-30(39-4)21-17-28)36(34-24-38-34)42-26-29-18-22-31(40-5)23-19-29/h6-23,34-36,38H,24-27H2,1-5H3/t34-,35+,36+/m0/s1. The first-order chi connectivity index (χ1) is 21.3. The topological polar surface area (TPSA) is 68.1 Å². The van der Waals surface area contributed by atoms with Crippen molar-refractivity contribution in [1.82, 2.24) is 5.32 Å². The molecule has 0 amide bonds. The highest BCUT2D eigenvalue weighted by Crippen LogP contribution is 2.37.